The van der Waals surface area contributed by atoms with Gasteiger partial charge < -0.3 is 31.5 Å². The van der Waals surface area contributed by atoms with Crippen LogP contribution >= 0.6 is 0 Å². The number of nitrogens with zero attached hydrogens (tertiary/aromatic N) is 1. The third-order valence-corrected chi connectivity index (χ3v) is 6.95. The maximum absolute atomic E-state index is 13.8. The van der Waals surface area contributed by atoms with Crippen LogP contribution in [0, 0.1) is 12.8 Å². The molecule has 0 aromatic heterocycles. The molecule has 11 nitrogen and oxygen atoms in total. The lowest BCUT2D eigenvalue weighted by molar-refractivity contribution is -0.132. The van der Waals surface area contributed by atoms with Crippen molar-refractivity contribution >= 4 is 39.8 Å². The second kappa shape index (κ2) is 7.79. The number of benzene rings is 2. The second-order valence-corrected chi connectivity index (χ2v) is 9.16. The predicted molar refractivity (Wildman–Crippen MR) is 124 cm³/mol. The summed E-state index contributed by atoms with van der Waals surface area (Å²) in [6.45, 7) is 2.88. The molecular weight excluding hydrogens is 458 g/mol. The van der Waals surface area contributed by atoms with Crippen molar-refractivity contribution in [2.75, 3.05) is 19.4 Å². The van der Waals surface area contributed by atoms with Gasteiger partial charge in [0, 0.05) is 12.8 Å². The van der Waals surface area contributed by atoms with Gasteiger partial charge in [-0.2, -0.15) is 0 Å². The van der Waals surface area contributed by atoms with Crippen LogP contribution in [0.3, 0.4) is 0 Å². The minimum Gasteiger partial charge on any atom is -0.508 e. The SMILES string of the molecule is CC(=O)Nc1ccc2c(C)c3c(c(O)c2c1O)C(=O)[C@]1(O)C(O)=C(C(N)=O)C(=O)[C@@H](N(C)C)[C@@H]1C3. The van der Waals surface area contributed by atoms with Crippen molar-refractivity contribution < 1.29 is 39.6 Å². The molecule has 0 spiro atoms. The molecule has 2 aromatic rings. The van der Waals surface area contributed by atoms with Crippen molar-refractivity contribution in [3.8, 4) is 11.5 Å². The van der Waals surface area contributed by atoms with Gasteiger partial charge in [0.1, 0.15) is 17.1 Å². The van der Waals surface area contributed by atoms with Crippen LogP contribution in [0.5, 0.6) is 11.5 Å². The number of aliphatic hydroxyl groups excluding tert-OH is 1. The minimum absolute atomic E-state index is 0.00538. The van der Waals surface area contributed by atoms with Gasteiger partial charge >= 0.3 is 0 Å². The van der Waals surface area contributed by atoms with Gasteiger partial charge in [0.15, 0.2) is 17.1 Å². The molecule has 0 aliphatic heterocycles. The number of aryl methyl sites for hydroxylation is 1. The van der Waals surface area contributed by atoms with Gasteiger partial charge in [-0.1, -0.05) is 6.07 Å². The zero-order valence-corrected chi connectivity index (χ0v) is 19.5. The Morgan fingerprint density at radius 2 is 1.77 bits per heavy atom. The molecule has 2 aromatic carbocycles. The van der Waals surface area contributed by atoms with Crippen LogP contribution in [-0.2, 0) is 20.8 Å². The van der Waals surface area contributed by atoms with Crippen LogP contribution in [0.15, 0.2) is 23.5 Å². The van der Waals surface area contributed by atoms with E-state index in [2.05, 4.69) is 5.32 Å². The summed E-state index contributed by atoms with van der Waals surface area (Å²) in [5.74, 6) is -7.28. The van der Waals surface area contributed by atoms with E-state index in [-0.39, 0.29) is 23.1 Å². The zero-order valence-electron chi connectivity index (χ0n) is 19.5. The van der Waals surface area contributed by atoms with Crippen molar-refractivity contribution in [2.24, 2.45) is 11.7 Å². The number of aromatic hydroxyl groups is 2. The largest absolute Gasteiger partial charge is 0.508 e. The summed E-state index contributed by atoms with van der Waals surface area (Å²) >= 11 is 0. The van der Waals surface area contributed by atoms with Crippen LogP contribution in [-0.4, -0.2) is 74.4 Å². The molecule has 35 heavy (non-hydrogen) atoms. The maximum Gasteiger partial charge on any atom is 0.255 e. The molecule has 0 heterocycles. The smallest absolute Gasteiger partial charge is 0.255 e. The number of nitrogens with two attached hydrogens (primary N) is 1. The standard InChI is InChI=1S/C24H25N3O8/c1-8-10-5-6-13(26-9(2)28)18(29)14(10)19(30)15-11(8)7-12-17(27(3)4)20(31)16(23(25)34)22(33)24(12,35)21(15)32/h5-6,12,17,29-30,33,35H,7H2,1-4H3,(H2,25,34)(H,26,28)/t12-,17-,24-/m0/s1. The number of fused-ring (bicyclic) bond motifs is 3. The Hall–Kier alpha value is -3.96. The molecular formula is C24H25N3O8. The first-order chi connectivity index (χ1) is 16.2. The average molecular weight is 483 g/mol. The number of likely N-dealkylation sites (N-methyl/N-ethyl adjacent to an activating group) is 1. The molecule has 0 saturated carbocycles. The van der Waals surface area contributed by atoms with E-state index in [9.17, 15) is 39.6 Å². The number of phenols is 2. The fourth-order valence-corrected chi connectivity index (χ4v) is 5.37. The Bertz CT molecular complexity index is 1390. The zero-order chi connectivity index (χ0) is 26.1. The molecule has 2 amide bonds. The molecule has 0 fully saturated rings. The molecule has 7 N–H and O–H groups in total. The van der Waals surface area contributed by atoms with Crippen molar-refractivity contribution in [1.29, 1.82) is 0 Å². The van der Waals surface area contributed by atoms with Crippen LogP contribution < -0.4 is 11.1 Å². The summed E-state index contributed by atoms with van der Waals surface area (Å²) in [5.41, 5.74) is 2.11. The summed E-state index contributed by atoms with van der Waals surface area (Å²) in [4.78, 5) is 51.8. The highest BCUT2D eigenvalue weighted by atomic mass is 16.3. The van der Waals surface area contributed by atoms with Crippen molar-refractivity contribution in [1.82, 2.24) is 4.90 Å². The Kier molecular flexibility index (Phi) is 5.38. The first-order valence-corrected chi connectivity index (χ1v) is 10.7. The van der Waals surface area contributed by atoms with E-state index in [0.29, 0.717) is 16.5 Å². The summed E-state index contributed by atoms with van der Waals surface area (Å²) in [6, 6.07) is 1.82. The molecule has 11 heteroatoms. The van der Waals surface area contributed by atoms with Crippen LogP contribution in [0.2, 0.25) is 0 Å². The van der Waals surface area contributed by atoms with Crippen molar-refractivity contribution in [3.05, 3.63) is 40.2 Å². The Labute approximate surface area is 199 Å². The number of primary amides is 1. The number of ketones is 2. The molecule has 0 bridgehead atoms. The van der Waals surface area contributed by atoms with E-state index in [1.165, 1.54) is 32.0 Å². The minimum atomic E-state index is -2.73. The van der Waals surface area contributed by atoms with E-state index in [1.807, 2.05) is 0 Å². The number of Topliss-reactive ketones (excluding diaryl/α,β-unsaturated/α-hetero) is 2. The Morgan fingerprint density at radius 1 is 1.14 bits per heavy atom. The van der Waals surface area contributed by atoms with E-state index >= 15 is 0 Å². The van der Waals surface area contributed by atoms with Crippen molar-refractivity contribution in [2.45, 2.75) is 31.9 Å². The van der Waals surface area contributed by atoms with E-state index in [4.69, 9.17) is 5.73 Å². The number of carbonyl (C=O) groups excluding carboxylic acids is 4. The highest BCUT2D eigenvalue weighted by Crippen LogP contribution is 2.51. The first-order valence-electron chi connectivity index (χ1n) is 10.7. The topological polar surface area (TPSA) is 190 Å². The third kappa shape index (κ3) is 3.12. The van der Waals surface area contributed by atoms with Gasteiger partial charge in [-0.25, -0.2) is 0 Å². The number of carbonyl (C=O) groups is 4. The number of nitrogens with one attached hydrogen (secondary N) is 1. The lowest BCUT2D eigenvalue weighted by atomic mass is 9.61. The third-order valence-electron chi connectivity index (χ3n) is 6.95. The van der Waals surface area contributed by atoms with Gasteiger partial charge in [0.2, 0.25) is 11.7 Å². The quantitative estimate of drug-likeness (QED) is 0.265. The highest BCUT2D eigenvalue weighted by molar-refractivity contribution is 6.25. The summed E-state index contributed by atoms with van der Waals surface area (Å²) < 4.78 is 0. The lowest BCUT2D eigenvalue weighted by Gasteiger charge is -2.47. The lowest BCUT2D eigenvalue weighted by Crippen LogP contribution is -2.64. The number of rotatable bonds is 3. The monoisotopic (exact) mass is 483 g/mol. The predicted octanol–water partition coefficient (Wildman–Crippen LogP) is 0.414. The number of hydrogen-bond donors (Lipinski definition) is 6. The number of hydrogen-bond acceptors (Lipinski definition) is 9. The average Bonchev–Trinajstić information content (AvgIpc) is 2.75. The second-order valence-electron chi connectivity index (χ2n) is 9.16. The maximum atomic E-state index is 13.8. The van der Waals surface area contributed by atoms with E-state index in [0.717, 1.165) is 0 Å². The molecule has 0 saturated heterocycles. The molecule has 4 rings (SSSR count). The van der Waals surface area contributed by atoms with Gasteiger partial charge in [0.25, 0.3) is 5.91 Å². The molecule has 184 valence electrons. The Balaban J connectivity index is 2.08. The highest BCUT2D eigenvalue weighted by Gasteiger charge is 2.62. The fraction of sp³-hybridized carbons (Fsp3) is 0.333. The molecule has 0 unspecified atom stereocenters. The van der Waals surface area contributed by atoms with Crippen LogP contribution in [0.1, 0.15) is 28.4 Å². The first kappa shape index (κ1) is 24.2. The molecule has 2 aliphatic carbocycles. The summed E-state index contributed by atoms with van der Waals surface area (Å²) in [5, 5.41) is 47.0. The number of phenolic OH excluding ortho intramolecular Hbond substituents is 2. The number of amides is 2. The normalized spacial score (nSPS) is 23.9. The van der Waals surface area contributed by atoms with Gasteiger partial charge in [0.05, 0.1) is 22.7 Å². The van der Waals surface area contributed by atoms with Crippen LogP contribution in [0.4, 0.5) is 5.69 Å². The van der Waals surface area contributed by atoms with Crippen molar-refractivity contribution in [3.63, 3.8) is 0 Å². The molecule has 2 aliphatic rings. The Morgan fingerprint density at radius 3 is 2.31 bits per heavy atom. The van der Waals surface area contributed by atoms with Crippen LogP contribution in [0.25, 0.3) is 10.8 Å². The number of anilines is 1. The summed E-state index contributed by atoms with van der Waals surface area (Å²) in [7, 11) is 3.05. The van der Waals surface area contributed by atoms with Gasteiger partial charge in [-0.3, -0.25) is 24.1 Å². The molecule has 3 atom stereocenters. The van der Waals surface area contributed by atoms with E-state index < -0.39 is 63.8 Å². The summed E-state index contributed by atoms with van der Waals surface area (Å²) in [6.07, 6.45) is -0.119. The molecule has 0 radical (unpaired) electrons. The fourth-order valence-electron chi connectivity index (χ4n) is 5.37. The van der Waals surface area contributed by atoms with Gasteiger partial charge in [-0.05, 0) is 50.0 Å². The van der Waals surface area contributed by atoms with E-state index in [1.54, 1.807) is 13.0 Å². The van der Waals surface area contributed by atoms with Gasteiger partial charge in [-0.15, -0.1) is 0 Å². The number of aliphatic hydroxyl groups is 2.